The summed E-state index contributed by atoms with van der Waals surface area (Å²) in [6.45, 7) is 4.68. The summed E-state index contributed by atoms with van der Waals surface area (Å²) >= 11 is 0. The highest BCUT2D eigenvalue weighted by Crippen LogP contribution is 2.50. The maximum atomic E-state index is 5.22. The maximum Gasteiger partial charge on any atom is 0.160 e. The molecule has 222 valence electrons. The minimum absolute atomic E-state index is 0.0309. The van der Waals surface area contributed by atoms with Crippen molar-refractivity contribution in [2.24, 2.45) is 0 Å². The van der Waals surface area contributed by atoms with Gasteiger partial charge in [0.2, 0.25) is 0 Å². The molecule has 0 saturated carbocycles. The van der Waals surface area contributed by atoms with Gasteiger partial charge in [0.15, 0.2) is 5.82 Å². The van der Waals surface area contributed by atoms with Crippen LogP contribution in [0.3, 0.4) is 0 Å². The van der Waals surface area contributed by atoms with Gasteiger partial charge in [-0.3, -0.25) is 0 Å². The molecule has 0 N–H and O–H groups in total. The lowest BCUT2D eigenvalue weighted by Crippen LogP contribution is -2.14. The van der Waals surface area contributed by atoms with Crippen LogP contribution < -0.4 is 0 Å². The normalized spacial score (nSPS) is 13.1. The SMILES string of the molecule is CC1(C)c2ccccc2-c2cc3c(ccc4ccc(-c5nc(-c6ccccc6)cc(-c6cccc(-c7ccccc7)c6)n5)cc43)cc21. The van der Waals surface area contributed by atoms with Gasteiger partial charge in [0.1, 0.15) is 0 Å². The number of hydrogen-bond acceptors (Lipinski definition) is 2. The summed E-state index contributed by atoms with van der Waals surface area (Å²) in [4.78, 5) is 10.4. The molecule has 0 amide bonds. The van der Waals surface area contributed by atoms with E-state index in [2.05, 4.69) is 166 Å². The standard InChI is InChI=1S/C45H32N2/c1-45(2)40-19-10-9-18-36(40)39-27-38-33(26-41(39)45)22-20-30-21-23-35(25-37(30)38)44-46-42(31-14-7-4-8-15-31)28-43(47-44)34-17-11-16-32(24-34)29-12-5-3-6-13-29/h3-28H,1-2H3. The summed E-state index contributed by atoms with van der Waals surface area (Å²) in [5.74, 6) is 0.720. The third-order valence-electron chi connectivity index (χ3n) is 9.86. The molecule has 8 aromatic rings. The van der Waals surface area contributed by atoms with Gasteiger partial charge < -0.3 is 0 Å². The first-order chi connectivity index (χ1) is 23.0. The highest BCUT2D eigenvalue weighted by molar-refractivity contribution is 6.11. The Hall–Kier alpha value is -5.86. The lowest BCUT2D eigenvalue weighted by molar-refractivity contribution is 0.661. The van der Waals surface area contributed by atoms with E-state index in [1.54, 1.807) is 0 Å². The predicted molar refractivity (Wildman–Crippen MR) is 196 cm³/mol. The molecule has 0 saturated heterocycles. The molecule has 0 unspecified atom stereocenters. The molecular weight excluding hydrogens is 569 g/mol. The lowest BCUT2D eigenvalue weighted by Gasteiger charge is -2.21. The zero-order chi connectivity index (χ0) is 31.5. The second kappa shape index (κ2) is 10.6. The van der Waals surface area contributed by atoms with Crippen molar-refractivity contribution in [3.8, 4) is 56.2 Å². The number of fused-ring (bicyclic) bond motifs is 6. The van der Waals surface area contributed by atoms with Crippen LogP contribution in [0.4, 0.5) is 0 Å². The van der Waals surface area contributed by atoms with E-state index in [0.29, 0.717) is 0 Å². The van der Waals surface area contributed by atoms with Crippen LogP contribution in [0.15, 0.2) is 158 Å². The first kappa shape index (κ1) is 27.5. The Bertz CT molecular complexity index is 2480. The third-order valence-corrected chi connectivity index (χ3v) is 9.86. The highest BCUT2D eigenvalue weighted by Gasteiger charge is 2.35. The van der Waals surface area contributed by atoms with E-state index in [-0.39, 0.29) is 5.41 Å². The molecule has 0 bridgehead atoms. The van der Waals surface area contributed by atoms with Gasteiger partial charge in [-0.05, 0) is 85.3 Å². The van der Waals surface area contributed by atoms with Crippen molar-refractivity contribution in [2.45, 2.75) is 19.3 Å². The zero-order valence-electron chi connectivity index (χ0n) is 26.4. The summed E-state index contributed by atoms with van der Waals surface area (Å²) in [6, 6.07) is 56.5. The van der Waals surface area contributed by atoms with Crippen LogP contribution in [0.5, 0.6) is 0 Å². The number of nitrogens with zero attached hydrogens (tertiary/aromatic N) is 2. The van der Waals surface area contributed by atoms with Gasteiger partial charge in [-0.2, -0.15) is 0 Å². The van der Waals surface area contributed by atoms with Crippen molar-refractivity contribution in [1.29, 1.82) is 0 Å². The van der Waals surface area contributed by atoms with Crippen LogP contribution in [-0.2, 0) is 5.41 Å². The van der Waals surface area contributed by atoms with E-state index in [1.165, 1.54) is 54.9 Å². The second-order valence-corrected chi connectivity index (χ2v) is 13.1. The van der Waals surface area contributed by atoms with Gasteiger partial charge in [-0.1, -0.05) is 141 Å². The van der Waals surface area contributed by atoms with E-state index in [1.807, 2.05) is 6.07 Å². The summed E-state index contributed by atoms with van der Waals surface area (Å²) in [6.07, 6.45) is 0. The Morgan fingerprint density at radius 1 is 0.383 bits per heavy atom. The van der Waals surface area contributed by atoms with E-state index < -0.39 is 0 Å². The molecule has 1 aliphatic carbocycles. The molecule has 0 atom stereocenters. The van der Waals surface area contributed by atoms with E-state index in [0.717, 1.165) is 33.9 Å². The van der Waals surface area contributed by atoms with Crippen LogP contribution in [0.25, 0.3) is 77.7 Å². The van der Waals surface area contributed by atoms with Gasteiger partial charge in [0.05, 0.1) is 11.4 Å². The molecular formula is C45H32N2. The minimum atomic E-state index is -0.0309. The van der Waals surface area contributed by atoms with Crippen molar-refractivity contribution in [2.75, 3.05) is 0 Å². The maximum absolute atomic E-state index is 5.22. The molecule has 47 heavy (non-hydrogen) atoms. The van der Waals surface area contributed by atoms with Gasteiger partial charge in [-0.25, -0.2) is 9.97 Å². The first-order valence-corrected chi connectivity index (χ1v) is 16.2. The average molecular weight is 601 g/mol. The quantitative estimate of drug-likeness (QED) is 0.188. The molecule has 2 nitrogen and oxygen atoms in total. The Morgan fingerprint density at radius 3 is 1.81 bits per heavy atom. The van der Waals surface area contributed by atoms with Crippen molar-refractivity contribution >= 4 is 21.5 Å². The number of aromatic nitrogens is 2. The molecule has 0 spiro atoms. The van der Waals surface area contributed by atoms with Crippen LogP contribution >= 0.6 is 0 Å². The fraction of sp³-hybridized carbons (Fsp3) is 0.0667. The highest BCUT2D eigenvalue weighted by atomic mass is 14.9. The Kier molecular flexibility index (Phi) is 6.20. The first-order valence-electron chi connectivity index (χ1n) is 16.2. The fourth-order valence-corrected chi connectivity index (χ4v) is 7.36. The average Bonchev–Trinajstić information content (AvgIpc) is 3.36. The summed E-state index contributed by atoms with van der Waals surface area (Å²) in [5.41, 5.74) is 12.7. The third kappa shape index (κ3) is 4.56. The van der Waals surface area contributed by atoms with E-state index >= 15 is 0 Å². The van der Waals surface area contributed by atoms with Crippen molar-refractivity contribution in [1.82, 2.24) is 9.97 Å². The van der Waals surface area contributed by atoms with Crippen LogP contribution in [-0.4, -0.2) is 9.97 Å². The van der Waals surface area contributed by atoms with Gasteiger partial charge in [0, 0.05) is 22.1 Å². The van der Waals surface area contributed by atoms with Crippen molar-refractivity contribution in [3.63, 3.8) is 0 Å². The predicted octanol–water partition coefficient (Wildman–Crippen LogP) is 11.8. The van der Waals surface area contributed by atoms with Crippen molar-refractivity contribution in [3.05, 3.63) is 169 Å². The topological polar surface area (TPSA) is 25.8 Å². The van der Waals surface area contributed by atoms with E-state index in [4.69, 9.17) is 9.97 Å². The Labute approximate surface area is 275 Å². The monoisotopic (exact) mass is 600 g/mol. The molecule has 1 aliphatic rings. The number of rotatable bonds is 4. The number of hydrogen-bond donors (Lipinski definition) is 0. The van der Waals surface area contributed by atoms with Crippen LogP contribution in [0.2, 0.25) is 0 Å². The van der Waals surface area contributed by atoms with Gasteiger partial charge >= 0.3 is 0 Å². The van der Waals surface area contributed by atoms with E-state index in [9.17, 15) is 0 Å². The van der Waals surface area contributed by atoms with Gasteiger partial charge in [0.25, 0.3) is 0 Å². The molecule has 2 heteroatoms. The lowest BCUT2D eigenvalue weighted by atomic mass is 9.81. The molecule has 0 aliphatic heterocycles. The summed E-state index contributed by atoms with van der Waals surface area (Å²) < 4.78 is 0. The smallest absolute Gasteiger partial charge is 0.160 e. The zero-order valence-corrected chi connectivity index (χ0v) is 26.4. The second-order valence-electron chi connectivity index (χ2n) is 13.1. The molecule has 7 aromatic carbocycles. The molecule has 0 radical (unpaired) electrons. The summed E-state index contributed by atoms with van der Waals surface area (Å²) in [5, 5.41) is 4.94. The Balaban J connectivity index is 1.23. The molecule has 1 heterocycles. The Morgan fingerprint density at radius 2 is 1.00 bits per heavy atom. The summed E-state index contributed by atoms with van der Waals surface area (Å²) in [7, 11) is 0. The molecule has 0 fully saturated rings. The number of benzene rings is 7. The fourth-order valence-electron chi connectivity index (χ4n) is 7.36. The molecule has 1 aromatic heterocycles. The van der Waals surface area contributed by atoms with Gasteiger partial charge in [-0.15, -0.1) is 0 Å². The van der Waals surface area contributed by atoms with Crippen LogP contribution in [0, 0.1) is 0 Å². The van der Waals surface area contributed by atoms with Crippen molar-refractivity contribution < 1.29 is 0 Å². The minimum Gasteiger partial charge on any atom is -0.228 e. The largest absolute Gasteiger partial charge is 0.228 e. The molecule has 9 rings (SSSR count). The van der Waals surface area contributed by atoms with Crippen LogP contribution in [0.1, 0.15) is 25.0 Å².